The zero-order valence-electron chi connectivity index (χ0n) is 13.7. The van der Waals surface area contributed by atoms with Crippen LogP contribution in [0.3, 0.4) is 0 Å². The van der Waals surface area contributed by atoms with Crippen LogP contribution in [0.5, 0.6) is 5.75 Å². The van der Waals surface area contributed by atoms with Crippen molar-refractivity contribution >= 4 is 11.4 Å². The molecule has 0 N–H and O–H groups in total. The zero-order chi connectivity index (χ0) is 16.6. The number of hydrogen-bond acceptors (Lipinski definition) is 3. The molecule has 3 nitrogen and oxygen atoms in total. The van der Waals surface area contributed by atoms with Gasteiger partial charge in [0.1, 0.15) is 5.75 Å². The van der Waals surface area contributed by atoms with Crippen molar-refractivity contribution in [2.24, 2.45) is 11.0 Å². The van der Waals surface area contributed by atoms with Crippen LogP contribution in [-0.2, 0) is 0 Å². The van der Waals surface area contributed by atoms with E-state index in [2.05, 4.69) is 71.7 Å². The van der Waals surface area contributed by atoms with Gasteiger partial charge in [-0.1, -0.05) is 60.7 Å². The molecule has 2 aliphatic heterocycles. The second-order valence-corrected chi connectivity index (χ2v) is 6.43. The van der Waals surface area contributed by atoms with Crippen molar-refractivity contribution in [1.82, 2.24) is 0 Å². The van der Waals surface area contributed by atoms with E-state index in [1.807, 2.05) is 18.2 Å². The van der Waals surface area contributed by atoms with E-state index in [0.717, 1.165) is 22.7 Å². The standard InChI is InChI=1S/C22H18N2O/c1-3-9-16(10-4-1)22-19-15-25-20-14-8-7-13-18(20)21(19)23-24(22)17-11-5-2-6-12-17/h1-14,19,22H,15H2. The van der Waals surface area contributed by atoms with E-state index in [9.17, 15) is 0 Å². The van der Waals surface area contributed by atoms with Crippen molar-refractivity contribution in [3.63, 3.8) is 0 Å². The molecule has 122 valence electrons. The van der Waals surface area contributed by atoms with Gasteiger partial charge in [0.15, 0.2) is 0 Å². The van der Waals surface area contributed by atoms with Gasteiger partial charge in [0.2, 0.25) is 0 Å². The predicted molar refractivity (Wildman–Crippen MR) is 100 cm³/mol. The molecule has 2 unspecified atom stereocenters. The number of nitrogens with zero attached hydrogens (tertiary/aromatic N) is 2. The number of ether oxygens (including phenoxy) is 1. The lowest BCUT2D eigenvalue weighted by atomic mass is 9.86. The third-order valence-corrected chi connectivity index (χ3v) is 4.95. The maximum Gasteiger partial charge on any atom is 0.128 e. The van der Waals surface area contributed by atoms with E-state index in [1.165, 1.54) is 5.56 Å². The van der Waals surface area contributed by atoms with Gasteiger partial charge in [-0.15, -0.1) is 0 Å². The summed E-state index contributed by atoms with van der Waals surface area (Å²) in [6.45, 7) is 0.652. The molecule has 3 heteroatoms. The van der Waals surface area contributed by atoms with E-state index < -0.39 is 0 Å². The third-order valence-electron chi connectivity index (χ3n) is 4.95. The molecule has 2 atom stereocenters. The minimum absolute atomic E-state index is 0.145. The molecule has 0 bridgehead atoms. The Bertz CT molecular complexity index is 921. The van der Waals surface area contributed by atoms with E-state index in [0.29, 0.717) is 6.61 Å². The molecule has 3 aromatic rings. The van der Waals surface area contributed by atoms with Gasteiger partial charge in [0.25, 0.3) is 0 Å². The highest BCUT2D eigenvalue weighted by Crippen LogP contribution is 2.44. The summed E-state index contributed by atoms with van der Waals surface area (Å²) < 4.78 is 6.07. The number of fused-ring (bicyclic) bond motifs is 3. The van der Waals surface area contributed by atoms with Crippen LogP contribution in [0.25, 0.3) is 0 Å². The summed E-state index contributed by atoms with van der Waals surface area (Å²) in [6, 6.07) is 29.3. The maximum atomic E-state index is 6.07. The van der Waals surface area contributed by atoms with Gasteiger partial charge in [-0.05, 0) is 29.8 Å². The van der Waals surface area contributed by atoms with Crippen LogP contribution >= 0.6 is 0 Å². The smallest absolute Gasteiger partial charge is 0.128 e. The van der Waals surface area contributed by atoms with Crippen LogP contribution in [-0.4, -0.2) is 12.3 Å². The van der Waals surface area contributed by atoms with Crippen LogP contribution in [0.1, 0.15) is 17.2 Å². The molecule has 0 saturated carbocycles. The van der Waals surface area contributed by atoms with Gasteiger partial charge in [0, 0.05) is 5.56 Å². The predicted octanol–water partition coefficient (Wildman–Crippen LogP) is 4.66. The monoisotopic (exact) mass is 326 g/mol. The SMILES string of the molecule is c1ccc(C2C3COc4ccccc4C3=NN2c2ccccc2)cc1. The van der Waals surface area contributed by atoms with Gasteiger partial charge in [-0.3, -0.25) is 5.01 Å². The first-order valence-corrected chi connectivity index (χ1v) is 8.62. The molecule has 25 heavy (non-hydrogen) atoms. The molecular weight excluding hydrogens is 308 g/mol. The molecule has 0 aromatic heterocycles. The van der Waals surface area contributed by atoms with E-state index in [1.54, 1.807) is 0 Å². The zero-order valence-corrected chi connectivity index (χ0v) is 13.7. The van der Waals surface area contributed by atoms with Crippen LogP contribution in [0.2, 0.25) is 0 Å². The molecule has 0 aliphatic carbocycles. The Balaban J connectivity index is 1.66. The fourth-order valence-corrected chi connectivity index (χ4v) is 3.80. The largest absolute Gasteiger partial charge is 0.492 e. The summed E-state index contributed by atoms with van der Waals surface area (Å²) in [5.74, 6) is 1.15. The minimum Gasteiger partial charge on any atom is -0.492 e. The fourth-order valence-electron chi connectivity index (χ4n) is 3.80. The first-order valence-electron chi connectivity index (χ1n) is 8.62. The van der Waals surface area contributed by atoms with Crippen LogP contribution in [0.4, 0.5) is 5.69 Å². The van der Waals surface area contributed by atoms with E-state index in [-0.39, 0.29) is 12.0 Å². The van der Waals surface area contributed by atoms with Crippen molar-refractivity contribution in [3.05, 3.63) is 96.1 Å². The molecule has 0 amide bonds. The highest BCUT2D eigenvalue weighted by Gasteiger charge is 2.43. The summed E-state index contributed by atoms with van der Waals surface area (Å²) in [6.07, 6.45) is 0. The Kier molecular flexibility index (Phi) is 3.30. The van der Waals surface area contributed by atoms with Crippen molar-refractivity contribution in [2.75, 3.05) is 11.6 Å². The Hall–Kier alpha value is -3.07. The number of benzene rings is 3. The molecule has 0 fully saturated rings. The van der Waals surface area contributed by atoms with Crippen LogP contribution < -0.4 is 9.75 Å². The molecular formula is C22H18N2O. The lowest BCUT2D eigenvalue weighted by Gasteiger charge is -2.30. The van der Waals surface area contributed by atoms with Gasteiger partial charge in [0.05, 0.1) is 30.0 Å². The molecule has 2 heterocycles. The minimum atomic E-state index is 0.145. The van der Waals surface area contributed by atoms with Crippen molar-refractivity contribution in [1.29, 1.82) is 0 Å². The maximum absolute atomic E-state index is 6.07. The molecule has 3 aromatic carbocycles. The van der Waals surface area contributed by atoms with Crippen molar-refractivity contribution in [2.45, 2.75) is 6.04 Å². The quantitative estimate of drug-likeness (QED) is 0.684. The van der Waals surface area contributed by atoms with Gasteiger partial charge in [-0.25, -0.2) is 0 Å². The number of hydrazone groups is 1. The summed E-state index contributed by atoms with van der Waals surface area (Å²) >= 11 is 0. The van der Waals surface area contributed by atoms with Crippen molar-refractivity contribution < 1.29 is 4.74 Å². The molecule has 0 radical (unpaired) electrons. The topological polar surface area (TPSA) is 24.8 Å². The highest BCUT2D eigenvalue weighted by molar-refractivity contribution is 6.07. The van der Waals surface area contributed by atoms with Crippen molar-refractivity contribution in [3.8, 4) is 5.75 Å². The Morgan fingerprint density at radius 1 is 0.800 bits per heavy atom. The van der Waals surface area contributed by atoms with Gasteiger partial charge < -0.3 is 4.74 Å². The Labute approximate surface area is 147 Å². The first-order chi connectivity index (χ1) is 12.4. The summed E-state index contributed by atoms with van der Waals surface area (Å²) in [4.78, 5) is 0. The summed E-state index contributed by atoms with van der Waals surface area (Å²) in [5.41, 5.74) is 4.60. The Morgan fingerprint density at radius 3 is 2.28 bits per heavy atom. The highest BCUT2D eigenvalue weighted by atomic mass is 16.5. The van der Waals surface area contributed by atoms with E-state index in [4.69, 9.17) is 9.84 Å². The fraction of sp³-hybridized carbons (Fsp3) is 0.136. The first kappa shape index (κ1) is 14.3. The number of rotatable bonds is 2. The molecule has 0 saturated heterocycles. The average Bonchev–Trinajstić information content (AvgIpc) is 3.09. The second kappa shape index (κ2) is 5.78. The number of hydrogen-bond donors (Lipinski definition) is 0. The summed E-state index contributed by atoms with van der Waals surface area (Å²) in [5, 5.41) is 7.20. The number of anilines is 1. The normalized spacial score (nSPS) is 21.1. The third kappa shape index (κ3) is 2.31. The van der Waals surface area contributed by atoms with Crippen LogP contribution in [0.15, 0.2) is 90.0 Å². The lowest BCUT2D eigenvalue weighted by Crippen LogP contribution is -2.32. The molecule has 2 aliphatic rings. The molecule has 0 spiro atoms. The van der Waals surface area contributed by atoms with Gasteiger partial charge in [-0.2, -0.15) is 5.10 Å². The van der Waals surface area contributed by atoms with Gasteiger partial charge >= 0.3 is 0 Å². The summed E-state index contributed by atoms with van der Waals surface area (Å²) in [7, 11) is 0. The number of para-hydroxylation sites is 2. The van der Waals surface area contributed by atoms with Crippen LogP contribution in [0, 0.1) is 5.92 Å². The second-order valence-electron chi connectivity index (χ2n) is 6.43. The lowest BCUT2D eigenvalue weighted by molar-refractivity contribution is 0.260. The van der Waals surface area contributed by atoms with E-state index >= 15 is 0 Å². The molecule has 5 rings (SSSR count). The Morgan fingerprint density at radius 2 is 1.48 bits per heavy atom. The average molecular weight is 326 g/mol.